The molecule has 1 aromatic carbocycles. The van der Waals surface area contributed by atoms with Gasteiger partial charge < -0.3 is 4.90 Å². The van der Waals surface area contributed by atoms with E-state index in [0.717, 1.165) is 15.4 Å². The summed E-state index contributed by atoms with van der Waals surface area (Å²) in [5.41, 5.74) is 1.11. The van der Waals surface area contributed by atoms with E-state index in [4.69, 9.17) is 10.7 Å². The third kappa shape index (κ3) is 2.76. The number of nitrogens with one attached hydrogen (secondary N) is 1. The molecule has 0 aliphatic carbocycles. The van der Waals surface area contributed by atoms with Crippen LogP contribution in [0.15, 0.2) is 30.5 Å². The highest BCUT2D eigenvalue weighted by atomic mass is 32.1. The summed E-state index contributed by atoms with van der Waals surface area (Å²) in [7, 11) is 1.65. The van der Waals surface area contributed by atoms with Gasteiger partial charge in [-0.1, -0.05) is 19.1 Å². The topological polar surface area (TPSA) is 80.8 Å². The molecule has 2 heterocycles. The van der Waals surface area contributed by atoms with Crippen molar-refractivity contribution in [1.29, 1.82) is 10.7 Å². The van der Waals surface area contributed by atoms with Gasteiger partial charge in [0.15, 0.2) is 0 Å². The van der Waals surface area contributed by atoms with E-state index in [-0.39, 0.29) is 11.3 Å². The highest BCUT2D eigenvalue weighted by Crippen LogP contribution is 2.40. The van der Waals surface area contributed by atoms with Gasteiger partial charge in [0, 0.05) is 41.9 Å². The second kappa shape index (κ2) is 5.60. The second-order valence-corrected chi connectivity index (χ2v) is 7.07. The summed E-state index contributed by atoms with van der Waals surface area (Å²) in [6, 6.07) is 9.47. The second-order valence-electron chi connectivity index (χ2n) is 6.04. The first-order chi connectivity index (χ1) is 10.9. The first-order valence-electron chi connectivity index (χ1n) is 7.24. The summed E-state index contributed by atoms with van der Waals surface area (Å²) >= 11 is 1.53. The van der Waals surface area contributed by atoms with Crippen molar-refractivity contribution in [3.05, 3.63) is 40.9 Å². The Kier molecular flexibility index (Phi) is 3.74. The molecule has 1 saturated heterocycles. The fourth-order valence-electron chi connectivity index (χ4n) is 2.74. The van der Waals surface area contributed by atoms with Crippen molar-refractivity contribution in [3.63, 3.8) is 0 Å². The number of piperidine rings is 1. The van der Waals surface area contributed by atoms with E-state index >= 15 is 0 Å². The molecule has 3 rings (SSSR count). The van der Waals surface area contributed by atoms with Crippen LogP contribution >= 0.6 is 11.3 Å². The van der Waals surface area contributed by atoms with Crippen LogP contribution in [0, 0.1) is 16.7 Å². The van der Waals surface area contributed by atoms with Crippen LogP contribution in [0.5, 0.6) is 0 Å². The maximum Gasteiger partial charge on any atom is 0.228 e. The number of carbonyl (C=O) groups excluding carboxylic acids is 1. The van der Waals surface area contributed by atoms with Gasteiger partial charge in [0.2, 0.25) is 5.91 Å². The van der Waals surface area contributed by atoms with Crippen molar-refractivity contribution in [2.75, 3.05) is 7.05 Å². The normalized spacial score (nSPS) is 21.3. The molecule has 1 atom stereocenters. The Morgan fingerprint density at radius 1 is 1.43 bits per heavy atom. The van der Waals surface area contributed by atoms with Crippen molar-refractivity contribution < 1.29 is 4.79 Å². The minimum atomic E-state index is -0.385. The van der Waals surface area contributed by atoms with E-state index in [2.05, 4.69) is 11.1 Å². The van der Waals surface area contributed by atoms with Crippen molar-refractivity contribution in [2.45, 2.75) is 25.2 Å². The first kappa shape index (κ1) is 15.4. The SMILES string of the molecule is CN1C(=N)C[C@](C)(c2cnc(-c3cccc(C#N)c3)s2)CC1=O. The summed E-state index contributed by atoms with van der Waals surface area (Å²) in [5, 5.41) is 17.8. The Morgan fingerprint density at radius 2 is 2.22 bits per heavy atom. The van der Waals surface area contributed by atoms with Crippen LogP contribution in [0.1, 0.15) is 30.2 Å². The van der Waals surface area contributed by atoms with E-state index in [1.807, 2.05) is 25.1 Å². The molecule has 2 aromatic rings. The smallest absolute Gasteiger partial charge is 0.228 e. The van der Waals surface area contributed by atoms with Crippen LogP contribution in [0.4, 0.5) is 0 Å². The zero-order valence-corrected chi connectivity index (χ0v) is 13.8. The lowest BCUT2D eigenvalue weighted by atomic mass is 9.78. The molecule has 0 unspecified atom stereocenters. The Hall–Kier alpha value is -2.52. The predicted octanol–water partition coefficient (Wildman–Crippen LogP) is 3.17. The lowest BCUT2D eigenvalue weighted by Crippen LogP contribution is -2.46. The number of amides is 1. The Labute approximate surface area is 138 Å². The molecule has 23 heavy (non-hydrogen) atoms. The number of hydrogen-bond acceptors (Lipinski definition) is 5. The summed E-state index contributed by atoms with van der Waals surface area (Å²) in [6.07, 6.45) is 2.70. The highest BCUT2D eigenvalue weighted by Gasteiger charge is 2.39. The molecule has 0 bridgehead atoms. The van der Waals surface area contributed by atoms with Crippen LogP contribution in [-0.2, 0) is 10.2 Å². The molecule has 0 radical (unpaired) electrons. The number of rotatable bonds is 2. The van der Waals surface area contributed by atoms with E-state index in [1.54, 1.807) is 19.3 Å². The molecule has 1 amide bonds. The molecule has 5 nitrogen and oxygen atoms in total. The van der Waals surface area contributed by atoms with Crippen molar-refractivity contribution in [3.8, 4) is 16.6 Å². The molecule has 1 aromatic heterocycles. The van der Waals surface area contributed by atoms with Crippen molar-refractivity contribution in [2.24, 2.45) is 0 Å². The molecule has 1 aliphatic heterocycles. The molecule has 6 heteroatoms. The van der Waals surface area contributed by atoms with Crippen LogP contribution in [-0.4, -0.2) is 28.7 Å². The van der Waals surface area contributed by atoms with E-state index in [0.29, 0.717) is 24.2 Å². The van der Waals surface area contributed by atoms with Crippen molar-refractivity contribution in [1.82, 2.24) is 9.88 Å². The number of nitriles is 1. The fraction of sp³-hybridized carbons (Fsp3) is 0.294. The number of benzene rings is 1. The minimum absolute atomic E-state index is 0.0369. The number of aromatic nitrogens is 1. The van der Waals surface area contributed by atoms with Crippen molar-refractivity contribution >= 4 is 23.1 Å². The quantitative estimate of drug-likeness (QED) is 0.921. The minimum Gasteiger partial charge on any atom is -0.304 e. The van der Waals surface area contributed by atoms with Crippen LogP contribution in [0.3, 0.4) is 0 Å². The van der Waals surface area contributed by atoms with Crippen LogP contribution in [0.2, 0.25) is 0 Å². The standard InChI is InChI=1S/C17H16N4OS/c1-17(7-14(19)21(2)15(22)8-17)13-10-20-16(23-13)12-5-3-4-11(6-12)9-18/h3-6,10,19H,7-8H2,1-2H3/t17-/m0/s1. The monoisotopic (exact) mass is 324 g/mol. The summed E-state index contributed by atoms with van der Waals surface area (Å²) in [4.78, 5) is 19.0. The van der Waals surface area contributed by atoms with E-state index in [9.17, 15) is 4.79 Å². The maximum absolute atomic E-state index is 12.1. The lowest BCUT2D eigenvalue weighted by Gasteiger charge is -2.36. The molecule has 1 fully saturated rings. The van der Waals surface area contributed by atoms with Crippen LogP contribution in [0.25, 0.3) is 10.6 Å². The molecule has 116 valence electrons. The van der Waals surface area contributed by atoms with Gasteiger partial charge in [-0.3, -0.25) is 10.2 Å². The number of likely N-dealkylation sites (tertiary alicyclic amines) is 1. The van der Waals surface area contributed by atoms with Gasteiger partial charge in [-0.25, -0.2) is 4.98 Å². The number of amidine groups is 1. The molecule has 1 N–H and O–H groups in total. The number of hydrogen-bond donors (Lipinski definition) is 1. The summed E-state index contributed by atoms with van der Waals surface area (Å²) in [6.45, 7) is 2.01. The molecular formula is C17H16N4OS. The van der Waals surface area contributed by atoms with Gasteiger partial charge in [0.05, 0.1) is 11.6 Å². The molecular weight excluding hydrogens is 308 g/mol. The average Bonchev–Trinajstić information content (AvgIpc) is 3.03. The molecule has 0 spiro atoms. The zero-order chi connectivity index (χ0) is 16.6. The molecule has 1 aliphatic rings. The summed E-state index contributed by atoms with van der Waals surface area (Å²) < 4.78 is 0. The first-order valence-corrected chi connectivity index (χ1v) is 8.05. The Balaban J connectivity index is 1.94. The third-order valence-electron chi connectivity index (χ3n) is 4.22. The predicted molar refractivity (Wildman–Crippen MR) is 89.3 cm³/mol. The van der Waals surface area contributed by atoms with E-state index < -0.39 is 0 Å². The number of nitrogens with zero attached hydrogens (tertiary/aromatic N) is 3. The third-order valence-corrected chi connectivity index (χ3v) is 5.57. The van der Waals surface area contributed by atoms with Crippen LogP contribution < -0.4 is 0 Å². The Bertz CT molecular complexity index is 815. The van der Waals surface area contributed by atoms with E-state index in [1.165, 1.54) is 16.2 Å². The van der Waals surface area contributed by atoms with Gasteiger partial charge in [-0.05, 0) is 12.1 Å². The molecule has 0 saturated carbocycles. The van der Waals surface area contributed by atoms with Gasteiger partial charge in [-0.15, -0.1) is 11.3 Å². The number of carbonyl (C=O) groups is 1. The largest absolute Gasteiger partial charge is 0.304 e. The Morgan fingerprint density at radius 3 is 2.91 bits per heavy atom. The van der Waals surface area contributed by atoms with Gasteiger partial charge >= 0.3 is 0 Å². The summed E-state index contributed by atoms with van der Waals surface area (Å²) in [5.74, 6) is 0.301. The van der Waals surface area contributed by atoms with Gasteiger partial charge in [-0.2, -0.15) is 5.26 Å². The van der Waals surface area contributed by atoms with Gasteiger partial charge in [0.25, 0.3) is 0 Å². The zero-order valence-electron chi connectivity index (χ0n) is 13.0. The average molecular weight is 324 g/mol. The highest BCUT2D eigenvalue weighted by molar-refractivity contribution is 7.15. The lowest BCUT2D eigenvalue weighted by molar-refractivity contribution is -0.128. The fourth-order valence-corrected chi connectivity index (χ4v) is 3.79. The maximum atomic E-state index is 12.1. The van der Waals surface area contributed by atoms with Gasteiger partial charge in [0.1, 0.15) is 10.8 Å². The number of thiazole rings is 1.